The second-order valence-corrected chi connectivity index (χ2v) is 5.98. The zero-order valence-corrected chi connectivity index (χ0v) is 15.2. The maximum atomic E-state index is 12.8. The molecular weight excluding hydrogens is 346 g/mol. The summed E-state index contributed by atoms with van der Waals surface area (Å²) in [5.74, 6) is -0.376. The molecule has 1 saturated heterocycles. The van der Waals surface area contributed by atoms with E-state index in [4.69, 9.17) is 26.4 Å². The van der Waals surface area contributed by atoms with Crippen molar-refractivity contribution in [3.8, 4) is 17.2 Å². The van der Waals surface area contributed by atoms with E-state index in [1.165, 1.54) is 38.4 Å². The average Bonchev–Trinajstić information content (AvgIpc) is 2.65. The van der Waals surface area contributed by atoms with Gasteiger partial charge < -0.3 is 24.2 Å². The van der Waals surface area contributed by atoms with Crippen molar-refractivity contribution in [3.05, 3.63) is 17.7 Å². The fourth-order valence-corrected chi connectivity index (χ4v) is 3.23. The Balaban J connectivity index is 2.36. The predicted octanol–water partition coefficient (Wildman–Crippen LogP) is 2.16. The monoisotopic (exact) mass is 367 g/mol. The van der Waals surface area contributed by atoms with Crippen LogP contribution in [-0.2, 0) is 4.79 Å². The summed E-state index contributed by atoms with van der Waals surface area (Å²) in [5.41, 5.74) is 0.259. The maximum absolute atomic E-state index is 12.8. The van der Waals surface area contributed by atoms with Gasteiger partial charge >= 0.3 is 5.97 Å². The van der Waals surface area contributed by atoms with Crippen molar-refractivity contribution < 1.29 is 28.9 Å². The summed E-state index contributed by atoms with van der Waals surface area (Å²) in [6.45, 7) is 0.450. The van der Waals surface area contributed by atoms with E-state index in [0.29, 0.717) is 30.2 Å². The zero-order chi connectivity index (χ0) is 18.6. The van der Waals surface area contributed by atoms with Gasteiger partial charge in [-0.25, -0.2) is 4.79 Å². The number of benzene rings is 1. The molecule has 1 aromatic rings. The second kappa shape index (κ2) is 8.15. The molecule has 0 saturated carbocycles. The Kier molecular flexibility index (Phi) is 6.19. The first-order valence-electron chi connectivity index (χ1n) is 7.82. The number of carbonyl (C=O) groups is 2. The van der Waals surface area contributed by atoms with E-state index in [0.717, 1.165) is 12.8 Å². The number of likely N-dealkylation sites (tertiary alicyclic amines) is 1. The Labute approximate surface area is 151 Å². The normalized spacial score (nSPS) is 16.9. The van der Waals surface area contributed by atoms with Crippen LogP contribution in [0.25, 0.3) is 0 Å². The number of methoxy groups -OCH3 is 3. The number of hydrogen-bond donors (Lipinski definition) is 1. The van der Waals surface area contributed by atoms with Gasteiger partial charge in [-0.15, -0.1) is 0 Å². The highest BCUT2D eigenvalue weighted by Crippen LogP contribution is 2.38. The lowest BCUT2D eigenvalue weighted by Gasteiger charge is -2.34. The number of carboxylic acids is 1. The van der Waals surface area contributed by atoms with Crippen LogP contribution < -0.4 is 14.2 Å². The highest BCUT2D eigenvalue weighted by molar-refractivity contribution is 7.82. The van der Waals surface area contributed by atoms with E-state index >= 15 is 0 Å². The fraction of sp³-hybridized carbons (Fsp3) is 0.471. The Bertz CT molecular complexity index is 665. The third-order valence-corrected chi connectivity index (χ3v) is 4.59. The van der Waals surface area contributed by atoms with Crippen molar-refractivity contribution >= 4 is 29.0 Å². The molecule has 1 aliphatic rings. The van der Waals surface area contributed by atoms with Crippen LogP contribution >= 0.6 is 12.2 Å². The highest BCUT2D eigenvalue weighted by atomic mass is 32.1. The molecule has 1 atom stereocenters. The van der Waals surface area contributed by atoms with E-state index in [9.17, 15) is 14.7 Å². The third-order valence-electron chi connectivity index (χ3n) is 4.17. The van der Waals surface area contributed by atoms with Crippen LogP contribution in [0, 0.1) is 0 Å². The molecule has 0 spiro atoms. The van der Waals surface area contributed by atoms with Crippen LogP contribution in [0.1, 0.15) is 29.6 Å². The van der Waals surface area contributed by atoms with Crippen LogP contribution in [-0.4, -0.2) is 60.7 Å². The summed E-state index contributed by atoms with van der Waals surface area (Å²) in [6, 6.07) is 2.25. The van der Waals surface area contributed by atoms with Crippen molar-refractivity contribution in [2.45, 2.75) is 25.3 Å². The van der Waals surface area contributed by atoms with Gasteiger partial charge in [0.25, 0.3) is 0 Å². The smallest absolute Gasteiger partial charge is 0.326 e. The highest BCUT2D eigenvalue weighted by Gasteiger charge is 2.33. The summed E-state index contributed by atoms with van der Waals surface area (Å²) in [4.78, 5) is 25.7. The van der Waals surface area contributed by atoms with E-state index in [1.807, 2.05) is 0 Å². The molecule has 2 rings (SSSR count). The largest absolute Gasteiger partial charge is 0.493 e. The third kappa shape index (κ3) is 3.84. The molecule has 25 heavy (non-hydrogen) atoms. The molecule has 1 fully saturated rings. The molecule has 1 aromatic carbocycles. The van der Waals surface area contributed by atoms with Crippen LogP contribution in [0.2, 0.25) is 0 Å². The number of ether oxygens (including phenoxy) is 3. The molecule has 7 nitrogen and oxygen atoms in total. The average molecular weight is 367 g/mol. The fourth-order valence-electron chi connectivity index (χ4n) is 2.90. The van der Waals surface area contributed by atoms with Gasteiger partial charge in [-0.3, -0.25) is 4.79 Å². The number of carbonyl (C=O) groups excluding carboxylic acids is 1. The summed E-state index contributed by atoms with van der Waals surface area (Å²) in [5, 5.41) is 9.37. The van der Waals surface area contributed by atoms with Crippen molar-refractivity contribution in [1.29, 1.82) is 0 Å². The molecule has 0 aliphatic carbocycles. The number of nitrogens with zero attached hydrogens (tertiary/aromatic N) is 1. The van der Waals surface area contributed by atoms with Gasteiger partial charge in [-0.05, 0) is 31.4 Å². The molecule has 136 valence electrons. The molecule has 0 amide bonds. The SMILES string of the molecule is COc1cc(C(=O)C(=S)N2CCCCC2C(=O)O)cc(OC)c1OC. The van der Waals surface area contributed by atoms with E-state index in [2.05, 4.69) is 0 Å². The Hall–Kier alpha value is -2.35. The van der Waals surface area contributed by atoms with E-state index in [1.54, 1.807) is 0 Å². The van der Waals surface area contributed by atoms with Crippen LogP contribution in [0.4, 0.5) is 0 Å². The van der Waals surface area contributed by atoms with Gasteiger partial charge in [-0.1, -0.05) is 12.2 Å². The molecule has 0 bridgehead atoms. The summed E-state index contributed by atoms with van der Waals surface area (Å²) < 4.78 is 15.7. The first kappa shape index (κ1) is 19.0. The van der Waals surface area contributed by atoms with Crippen LogP contribution in [0.3, 0.4) is 0 Å². The number of Topliss-reactive ketones (excluding diaryl/α,β-unsaturated/α-hetero) is 1. The van der Waals surface area contributed by atoms with Crippen molar-refractivity contribution in [2.24, 2.45) is 0 Å². The molecule has 1 unspecified atom stereocenters. The van der Waals surface area contributed by atoms with Crippen LogP contribution in [0.5, 0.6) is 17.2 Å². The van der Waals surface area contributed by atoms with Gasteiger partial charge in [0.05, 0.1) is 21.3 Å². The quantitative estimate of drug-likeness (QED) is 0.605. The van der Waals surface area contributed by atoms with Gasteiger partial charge in [-0.2, -0.15) is 0 Å². The summed E-state index contributed by atoms with van der Waals surface area (Å²) >= 11 is 5.30. The minimum atomic E-state index is -0.972. The van der Waals surface area contributed by atoms with Crippen LogP contribution in [0.15, 0.2) is 12.1 Å². The molecule has 1 N–H and O–H groups in total. The Morgan fingerprint density at radius 3 is 2.20 bits per heavy atom. The minimum absolute atomic E-state index is 0.0126. The number of thiocarbonyl (C=S) groups is 1. The number of rotatable bonds is 6. The minimum Gasteiger partial charge on any atom is -0.493 e. The molecule has 0 aromatic heterocycles. The first-order chi connectivity index (χ1) is 11.9. The molecule has 8 heteroatoms. The second-order valence-electron chi connectivity index (χ2n) is 5.59. The zero-order valence-electron chi connectivity index (χ0n) is 14.4. The molecule has 0 radical (unpaired) electrons. The van der Waals surface area contributed by atoms with Crippen molar-refractivity contribution in [3.63, 3.8) is 0 Å². The maximum Gasteiger partial charge on any atom is 0.326 e. The lowest BCUT2D eigenvalue weighted by molar-refractivity contribution is -0.142. The van der Waals surface area contributed by atoms with Crippen molar-refractivity contribution in [2.75, 3.05) is 27.9 Å². The van der Waals surface area contributed by atoms with Gasteiger partial charge in [0.1, 0.15) is 6.04 Å². The first-order valence-corrected chi connectivity index (χ1v) is 8.23. The number of aliphatic carboxylic acids is 1. The summed E-state index contributed by atoms with van der Waals surface area (Å²) in [7, 11) is 4.38. The number of piperidine rings is 1. The lowest BCUT2D eigenvalue weighted by Crippen LogP contribution is -2.49. The van der Waals surface area contributed by atoms with Gasteiger partial charge in [0, 0.05) is 12.1 Å². The Morgan fingerprint density at radius 2 is 1.72 bits per heavy atom. The van der Waals surface area contributed by atoms with Gasteiger partial charge in [0.15, 0.2) is 16.5 Å². The molecular formula is C17H21NO6S. The van der Waals surface area contributed by atoms with E-state index in [-0.39, 0.29) is 10.6 Å². The van der Waals surface area contributed by atoms with E-state index < -0.39 is 17.8 Å². The predicted molar refractivity (Wildman–Crippen MR) is 95.0 cm³/mol. The topological polar surface area (TPSA) is 85.3 Å². The molecule has 1 heterocycles. The summed E-state index contributed by atoms with van der Waals surface area (Å²) in [6.07, 6.45) is 2.07. The molecule has 1 aliphatic heterocycles. The van der Waals surface area contributed by atoms with Gasteiger partial charge in [0.2, 0.25) is 11.5 Å². The lowest BCUT2D eigenvalue weighted by atomic mass is 10.0. The Morgan fingerprint density at radius 1 is 1.12 bits per heavy atom. The number of ketones is 1. The standard InChI is InChI=1S/C17H21NO6S/c1-22-12-8-10(9-13(23-2)15(12)24-3)14(19)16(25)18-7-5-4-6-11(18)17(20)21/h8-9,11H,4-7H2,1-3H3,(H,20,21). The number of hydrogen-bond acceptors (Lipinski definition) is 6. The van der Waals surface area contributed by atoms with Crippen molar-refractivity contribution in [1.82, 2.24) is 4.90 Å². The number of carboxylic acid groups (broad SMARTS) is 1.